The van der Waals surface area contributed by atoms with Crippen LogP contribution in [0.2, 0.25) is 0 Å². The first-order valence-electron chi connectivity index (χ1n) is 3.92. The molecular weight excluding hydrogens is 294 g/mol. The van der Waals surface area contributed by atoms with Crippen LogP contribution in [0, 0.1) is 11.3 Å². The third-order valence-electron chi connectivity index (χ3n) is 1.55. The lowest BCUT2D eigenvalue weighted by Gasteiger charge is -1.99. The lowest BCUT2D eigenvalue weighted by Crippen LogP contribution is -1.78. The molecule has 1 aromatic heterocycles. The Labute approximate surface area is 103 Å². The van der Waals surface area contributed by atoms with Crippen LogP contribution < -0.4 is 0 Å². The molecule has 0 N–H and O–H groups in total. The van der Waals surface area contributed by atoms with E-state index in [0.29, 0.717) is 5.56 Å². The fraction of sp³-hybridized carbons (Fsp3) is 0. The summed E-state index contributed by atoms with van der Waals surface area (Å²) < 4.78 is 1.77. The standard InChI is InChI=1S/C9H4BrN3S2/c10-7-1-6(4-11)2-8(3-7)15-9-13-12-5-14-9/h1-3,5H. The van der Waals surface area contributed by atoms with Gasteiger partial charge in [-0.3, -0.25) is 0 Å². The molecule has 0 aliphatic carbocycles. The predicted molar refractivity (Wildman–Crippen MR) is 62.9 cm³/mol. The van der Waals surface area contributed by atoms with Crippen molar-refractivity contribution in [3.8, 4) is 6.07 Å². The number of nitrogens with zero attached hydrogens (tertiary/aromatic N) is 3. The summed E-state index contributed by atoms with van der Waals surface area (Å²) in [6, 6.07) is 7.68. The molecule has 0 bridgehead atoms. The molecular formula is C9H4BrN3S2. The van der Waals surface area contributed by atoms with Crippen molar-refractivity contribution < 1.29 is 0 Å². The molecule has 0 saturated carbocycles. The second-order valence-corrected chi connectivity index (χ2v) is 5.66. The fourth-order valence-corrected chi connectivity index (χ4v) is 3.19. The number of nitriles is 1. The SMILES string of the molecule is N#Cc1cc(Br)cc(Sc2nncs2)c1. The molecule has 1 aromatic carbocycles. The van der Waals surface area contributed by atoms with Gasteiger partial charge in [-0.1, -0.05) is 39.0 Å². The van der Waals surface area contributed by atoms with Crippen LogP contribution >= 0.6 is 39.0 Å². The zero-order valence-corrected chi connectivity index (χ0v) is 10.6. The summed E-state index contributed by atoms with van der Waals surface area (Å²) in [6.07, 6.45) is 0. The third kappa shape index (κ3) is 2.78. The van der Waals surface area contributed by atoms with Crippen molar-refractivity contribution >= 4 is 39.0 Å². The van der Waals surface area contributed by atoms with Crippen molar-refractivity contribution in [3.63, 3.8) is 0 Å². The molecule has 74 valence electrons. The van der Waals surface area contributed by atoms with E-state index >= 15 is 0 Å². The van der Waals surface area contributed by atoms with Crippen molar-refractivity contribution in [3.05, 3.63) is 33.7 Å². The largest absolute Gasteiger partial charge is 0.192 e. The minimum Gasteiger partial charge on any atom is -0.192 e. The van der Waals surface area contributed by atoms with Crippen LogP contribution in [0.15, 0.2) is 37.4 Å². The second-order valence-electron chi connectivity index (χ2n) is 2.59. The normalized spacial score (nSPS) is 9.87. The van der Waals surface area contributed by atoms with Gasteiger partial charge in [0, 0.05) is 9.37 Å². The summed E-state index contributed by atoms with van der Waals surface area (Å²) >= 11 is 6.34. The molecule has 0 radical (unpaired) electrons. The number of aromatic nitrogens is 2. The van der Waals surface area contributed by atoms with E-state index in [0.717, 1.165) is 13.7 Å². The topological polar surface area (TPSA) is 49.6 Å². The van der Waals surface area contributed by atoms with Crippen molar-refractivity contribution in [1.82, 2.24) is 10.2 Å². The Morgan fingerprint density at radius 2 is 2.27 bits per heavy atom. The summed E-state index contributed by atoms with van der Waals surface area (Å²) in [7, 11) is 0. The van der Waals surface area contributed by atoms with Crippen LogP contribution in [0.1, 0.15) is 5.56 Å². The molecule has 2 aromatic rings. The van der Waals surface area contributed by atoms with Gasteiger partial charge in [0.25, 0.3) is 0 Å². The molecule has 0 saturated heterocycles. The number of hydrogen-bond acceptors (Lipinski definition) is 5. The molecule has 0 unspecified atom stereocenters. The summed E-state index contributed by atoms with van der Waals surface area (Å²) in [5.41, 5.74) is 2.32. The van der Waals surface area contributed by atoms with Gasteiger partial charge in [0.15, 0.2) is 4.34 Å². The van der Waals surface area contributed by atoms with E-state index < -0.39 is 0 Å². The first-order chi connectivity index (χ1) is 7.28. The van der Waals surface area contributed by atoms with E-state index in [9.17, 15) is 0 Å². The second kappa shape index (κ2) is 4.75. The average molecular weight is 298 g/mol. The quantitative estimate of drug-likeness (QED) is 0.853. The highest BCUT2D eigenvalue weighted by Gasteiger charge is 2.03. The van der Waals surface area contributed by atoms with Crippen LogP contribution in [0.3, 0.4) is 0 Å². The first kappa shape index (κ1) is 10.6. The fourth-order valence-electron chi connectivity index (χ4n) is 0.994. The molecule has 6 heteroatoms. The van der Waals surface area contributed by atoms with Crippen molar-refractivity contribution in [1.29, 1.82) is 5.26 Å². The Balaban J connectivity index is 2.29. The maximum Gasteiger partial charge on any atom is 0.178 e. The maximum atomic E-state index is 8.81. The highest BCUT2D eigenvalue weighted by molar-refractivity contribution is 9.10. The molecule has 15 heavy (non-hydrogen) atoms. The van der Waals surface area contributed by atoms with Crippen LogP contribution in [0.5, 0.6) is 0 Å². The minimum atomic E-state index is 0.636. The van der Waals surface area contributed by atoms with Gasteiger partial charge in [-0.2, -0.15) is 5.26 Å². The Morgan fingerprint density at radius 1 is 1.40 bits per heavy atom. The van der Waals surface area contributed by atoms with Gasteiger partial charge in [0.05, 0.1) is 11.6 Å². The molecule has 0 atom stereocenters. The lowest BCUT2D eigenvalue weighted by atomic mass is 10.2. The monoisotopic (exact) mass is 297 g/mol. The highest BCUT2D eigenvalue weighted by atomic mass is 79.9. The molecule has 3 nitrogen and oxygen atoms in total. The molecule has 0 aliphatic rings. The average Bonchev–Trinajstić information content (AvgIpc) is 2.69. The van der Waals surface area contributed by atoms with Gasteiger partial charge in [-0.15, -0.1) is 10.2 Å². The van der Waals surface area contributed by atoms with E-state index in [1.807, 2.05) is 12.1 Å². The van der Waals surface area contributed by atoms with Crippen LogP contribution in [-0.2, 0) is 0 Å². The highest BCUT2D eigenvalue weighted by Crippen LogP contribution is 2.31. The van der Waals surface area contributed by atoms with E-state index in [-0.39, 0.29) is 0 Å². The Kier molecular flexibility index (Phi) is 3.36. The number of halogens is 1. The molecule has 2 rings (SSSR count). The predicted octanol–water partition coefficient (Wildman–Crippen LogP) is 3.32. The van der Waals surface area contributed by atoms with Crippen molar-refractivity contribution in [2.24, 2.45) is 0 Å². The number of rotatable bonds is 2. The van der Waals surface area contributed by atoms with Gasteiger partial charge in [-0.05, 0) is 18.2 Å². The number of benzene rings is 1. The van der Waals surface area contributed by atoms with Gasteiger partial charge in [0.2, 0.25) is 0 Å². The first-order valence-corrected chi connectivity index (χ1v) is 6.41. The Bertz CT molecular complexity index is 505. The van der Waals surface area contributed by atoms with Gasteiger partial charge < -0.3 is 0 Å². The summed E-state index contributed by atoms with van der Waals surface area (Å²) in [5, 5.41) is 16.5. The van der Waals surface area contributed by atoms with E-state index in [1.165, 1.54) is 23.1 Å². The Morgan fingerprint density at radius 3 is 2.93 bits per heavy atom. The molecule has 1 heterocycles. The van der Waals surface area contributed by atoms with Gasteiger partial charge >= 0.3 is 0 Å². The zero-order chi connectivity index (χ0) is 10.7. The van der Waals surface area contributed by atoms with E-state index in [2.05, 4.69) is 32.2 Å². The molecule has 0 amide bonds. The zero-order valence-electron chi connectivity index (χ0n) is 7.35. The Hall–Kier alpha value is -0.900. The summed E-state index contributed by atoms with van der Waals surface area (Å²) in [5.74, 6) is 0. The third-order valence-corrected chi connectivity index (χ3v) is 3.75. The van der Waals surface area contributed by atoms with E-state index in [4.69, 9.17) is 5.26 Å². The molecule has 0 aliphatic heterocycles. The van der Waals surface area contributed by atoms with E-state index in [1.54, 1.807) is 11.6 Å². The molecule has 0 fully saturated rings. The van der Waals surface area contributed by atoms with Crippen molar-refractivity contribution in [2.45, 2.75) is 9.24 Å². The van der Waals surface area contributed by atoms with Gasteiger partial charge in [0.1, 0.15) is 5.51 Å². The van der Waals surface area contributed by atoms with Crippen LogP contribution in [-0.4, -0.2) is 10.2 Å². The van der Waals surface area contributed by atoms with Crippen molar-refractivity contribution in [2.75, 3.05) is 0 Å². The summed E-state index contributed by atoms with van der Waals surface area (Å²) in [6.45, 7) is 0. The smallest absolute Gasteiger partial charge is 0.178 e. The molecule has 0 spiro atoms. The maximum absolute atomic E-state index is 8.81. The van der Waals surface area contributed by atoms with Crippen LogP contribution in [0.25, 0.3) is 0 Å². The van der Waals surface area contributed by atoms with Crippen LogP contribution in [0.4, 0.5) is 0 Å². The summed E-state index contributed by atoms with van der Waals surface area (Å²) in [4.78, 5) is 0.984. The van der Waals surface area contributed by atoms with Gasteiger partial charge in [-0.25, -0.2) is 0 Å². The lowest BCUT2D eigenvalue weighted by molar-refractivity contribution is 1.01. The number of hydrogen-bond donors (Lipinski definition) is 0. The minimum absolute atomic E-state index is 0.636.